The maximum absolute atomic E-state index is 11.1. The molecule has 0 aromatic heterocycles. The molecule has 0 aliphatic carbocycles. The predicted molar refractivity (Wildman–Crippen MR) is 69.5 cm³/mol. The molecule has 1 aromatic rings. The molecule has 98 valence electrons. The normalized spacial score (nSPS) is 11.7. The van der Waals surface area contributed by atoms with Crippen LogP contribution < -0.4 is 16.9 Å². The number of anilines is 1. The summed E-state index contributed by atoms with van der Waals surface area (Å²) in [4.78, 5) is 21.9. The zero-order valence-corrected chi connectivity index (χ0v) is 10.5. The largest absolute Gasteiger partial charge is 0.351 e. The molecule has 0 spiro atoms. The molecule has 5 N–H and O–H groups in total. The summed E-state index contributed by atoms with van der Waals surface area (Å²) >= 11 is 0. The van der Waals surface area contributed by atoms with E-state index in [2.05, 4.69) is 5.32 Å². The van der Waals surface area contributed by atoms with Crippen molar-refractivity contribution < 1.29 is 9.59 Å². The first-order valence-electron chi connectivity index (χ1n) is 5.60. The number of amides is 3. The number of benzene rings is 1. The van der Waals surface area contributed by atoms with Gasteiger partial charge in [0.25, 0.3) is 0 Å². The molecule has 0 radical (unpaired) electrons. The summed E-state index contributed by atoms with van der Waals surface area (Å²) in [5.74, 6) is 5.43. The van der Waals surface area contributed by atoms with Gasteiger partial charge in [0.2, 0.25) is 5.91 Å². The van der Waals surface area contributed by atoms with E-state index in [0.29, 0.717) is 12.1 Å². The minimum absolute atomic E-state index is 0.119. The minimum Gasteiger partial charge on any atom is -0.351 e. The standard InChI is InChI=1S/C12H18N4O2/c1-8(16(14)9(2)17)6-10-4-3-5-11(7-10)15-12(13)18/h3-5,7-8H,6,14H2,1-2H3,(H3,13,15,18). The molecule has 0 bridgehead atoms. The number of hydrogen-bond donors (Lipinski definition) is 3. The molecular formula is C12H18N4O2. The van der Waals surface area contributed by atoms with E-state index in [1.54, 1.807) is 12.1 Å². The third kappa shape index (κ3) is 4.06. The number of primary amides is 1. The number of carbonyl (C=O) groups is 2. The topological polar surface area (TPSA) is 101 Å². The number of carbonyl (C=O) groups excluding carboxylic acids is 2. The fourth-order valence-corrected chi connectivity index (χ4v) is 1.67. The van der Waals surface area contributed by atoms with Crippen molar-refractivity contribution in [2.75, 3.05) is 5.32 Å². The SMILES string of the molecule is CC(=O)N(N)C(C)Cc1cccc(NC(N)=O)c1. The van der Waals surface area contributed by atoms with Crippen molar-refractivity contribution in [1.82, 2.24) is 5.01 Å². The Morgan fingerprint density at radius 3 is 2.67 bits per heavy atom. The van der Waals surface area contributed by atoms with Gasteiger partial charge in [-0.25, -0.2) is 10.6 Å². The monoisotopic (exact) mass is 250 g/mol. The molecule has 0 aliphatic heterocycles. The Morgan fingerprint density at radius 2 is 2.11 bits per heavy atom. The molecular weight excluding hydrogens is 232 g/mol. The predicted octanol–water partition coefficient (Wildman–Crippen LogP) is 0.830. The summed E-state index contributed by atoms with van der Waals surface area (Å²) in [6.07, 6.45) is 0.602. The van der Waals surface area contributed by atoms with Crippen molar-refractivity contribution in [1.29, 1.82) is 0 Å². The van der Waals surface area contributed by atoms with Gasteiger partial charge in [-0.2, -0.15) is 0 Å². The van der Waals surface area contributed by atoms with E-state index in [1.165, 1.54) is 11.9 Å². The van der Waals surface area contributed by atoms with Crippen molar-refractivity contribution in [3.05, 3.63) is 29.8 Å². The van der Waals surface area contributed by atoms with E-state index in [9.17, 15) is 9.59 Å². The lowest BCUT2D eigenvalue weighted by Gasteiger charge is -2.23. The second-order valence-electron chi connectivity index (χ2n) is 4.17. The summed E-state index contributed by atoms with van der Waals surface area (Å²) in [7, 11) is 0. The fraction of sp³-hybridized carbons (Fsp3) is 0.333. The second kappa shape index (κ2) is 6.02. The van der Waals surface area contributed by atoms with Crippen LogP contribution in [0, 0.1) is 0 Å². The van der Waals surface area contributed by atoms with Gasteiger partial charge >= 0.3 is 6.03 Å². The Labute approximate surface area is 106 Å². The lowest BCUT2D eigenvalue weighted by Crippen LogP contribution is -2.43. The van der Waals surface area contributed by atoms with E-state index < -0.39 is 6.03 Å². The average molecular weight is 250 g/mol. The quantitative estimate of drug-likeness (QED) is 0.419. The van der Waals surface area contributed by atoms with Gasteiger partial charge in [0.1, 0.15) is 0 Å². The van der Waals surface area contributed by atoms with E-state index in [4.69, 9.17) is 11.6 Å². The Kier molecular flexibility index (Phi) is 4.67. The van der Waals surface area contributed by atoms with Crippen molar-refractivity contribution in [2.24, 2.45) is 11.6 Å². The van der Waals surface area contributed by atoms with Crippen LogP contribution in [-0.4, -0.2) is 23.0 Å². The molecule has 1 unspecified atom stereocenters. The zero-order valence-electron chi connectivity index (χ0n) is 10.5. The van der Waals surface area contributed by atoms with Crippen LogP contribution in [0.4, 0.5) is 10.5 Å². The van der Waals surface area contributed by atoms with Crippen LogP contribution in [0.5, 0.6) is 0 Å². The van der Waals surface area contributed by atoms with Crippen LogP contribution in [0.15, 0.2) is 24.3 Å². The van der Waals surface area contributed by atoms with Gasteiger partial charge < -0.3 is 11.1 Å². The summed E-state index contributed by atoms with van der Waals surface area (Å²) in [6.45, 7) is 3.27. The molecule has 1 aromatic carbocycles. The van der Waals surface area contributed by atoms with Gasteiger partial charge in [-0.3, -0.25) is 9.80 Å². The van der Waals surface area contributed by atoms with Crippen LogP contribution in [0.2, 0.25) is 0 Å². The molecule has 0 saturated heterocycles. The maximum Gasteiger partial charge on any atom is 0.316 e. The van der Waals surface area contributed by atoms with Crippen LogP contribution in [0.25, 0.3) is 0 Å². The van der Waals surface area contributed by atoms with E-state index >= 15 is 0 Å². The number of nitrogens with two attached hydrogens (primary N) is 2. The van der Waals surface area contributed by atoms with E-state index in [1.807, 2.05) is 19.1 Å². The minimum atomic E-state index is -0.607. The second-order valence-corrected chi connectivity index (χ2v) is 4.17. The van der Waals surface area contributed by atoms with E-state index in [-0.39, 0.29) is 11.9 Å². The van der Waals surface area contributed by atoms with Crippen LogP contribution in [0.3, 0.4) is 0 Å². The average Bonchev–Trinajstić information content (AvgIpc) is 2.27. The third-order valence-electron chi connectivity index (χ3n) is 2.56. The summed E-state index contributed by atoms with van der Waals surface area (Å²) in [5.41, 5.74) is 6.63. The first-order chi connectivity index (χ1) is 8.40. The zero-order chi connectivity index (χ0) is 13.7. The number of hydrogen-bond acceptors (Lipinski definition) is 3. The highest BCUT2D eigenvalue weighted by atomic mass is 16.2. The van der Waals surface area contributed by atoms with Gasteiger partial charge in [0.05, 0.1) is 0 Å². The third-order valence-corrected chi connectivity index (χ3v) is 2.56. The highest BCUT2D eigenvalue weighted by molar-refractivity contribution is 5.87. The van der Waals surface area contributed by atoms with Gasteiger partial charge in [0, 0.05) is 18.7 Å². The molecule has 1 rings (SSSR count). The summed E-state index contributed by atoms with van der Waals surface area (Å²) in [5, 5.41) is 3.69. The van der Waals surface area contributed by atoms with Gasteiger partial charge in [-0.05, 0) is 31.0 Å². The maximum atomic E-state index is 11.1. The van der Waals surface area contributed by atoms with Crippen molar-refractivity contribution in [3.63, 3.8) is 0 Å². The van der Waals surface area contributed by atoms with Gasteiger partial charge in [-0.1, -0.05) is 12.1 Å². The fourth-order valence-electron chi connectivity index (χ4n) is 1.67. The molecule has 18 heavy (non-hydrogen) atoms. The highest BCUT2D eigenvalue weighted by Crippen LogP contribution is 2.13. The van der Waals surface area contributed by atoms with Crippen LogP contribution >= 0.6 is 0 Å². The number of nitrogens with zero attached hydrogens (tertiary/aromatic N) is 1. The van der Waals surface area contributed by atoms with Crippen molar-refractivity contribution >= 4 is 17.6 Å². The van der Waals surface area contributed by atoms with Crippen LogP contribution in [-0.2, 0) is 11.2 Å². The lowest BCUT2D eigenvalue weighted by molar-refractivity contribution is -0.131. The molecule has 3 amide bonds. The summed E-state index contributed by atoms with van der Waals surface area (Å²) in [6, 6.07) is 6.52. The number of rotatable bonds is 4. The van der Waals surface area contributed by atoms with Crippen molar-refractivity contribution in [2.45, 2.75) is 26.3 Å². The highest BCUT2D eigenvalue weighted by Gasteiger charge is 2.13. The number of nitrogens with one attached hydrogen (secondary N) is 1. The molecule has 0 saturated carbocycles. The molecule has 1 atom stereocenters. The van der Waals surface area contributed by atoms with Gasteiger partial charge in [-0.15, -0.1) is 0 Å². The molecule has 0 heterocycles. The Balaban J connectivity index is 2.72. The molecule has 0 aliphatic rings. The first-order valence-corrected chi connectivity index (χ1v) is 5.60. The summed E-state index contributed by atoms with van der Waals surface area (Å²) < 4.78 is 0. The Morgan fingerprint density at radius 1 is 1.44 bits per heavy atom. The number of hydrazine groups is 1. The Hall–Kier alpha value is -2.08. The smallest absolute Gasteiger partial charge is 0.316 e. The first kappa shape index (κ1) is 14.0. The molecule has 0 fully saturated rings. The number of urea groups is 1. The molecule has 6 heteroatoms. The van der Waals surface area contributed by atoms with Gasteiger partial charge in [0.15, 0.2) is 0 Å². The lowest BCUT2D eigenvalue weighted by atomic mass is 10.1. The van der Waals surface area contributed by atoms with Crippen molar-refractivity contribution in [3.8, 4) is 0 Å². The van der Waals surface area contributed by atoms with Crippen LogP contribution in [0.1, 0.15) is 19.4 Å². The Bertz CT molecular complexity index is 447. The van der Waals surface area contributed by atoms with E-state index in [0.717, 1.165) is 5.56 Å². The molecule has 6 nitrogen and oxygen atoms in total.